The predicted molar refractivity (Wildman–Crippen MR) is 84.6 cm³/mol. The van der Waals surface area contributed by atoms with Crippen molar-refractivity contribution in [3.05, 3.63) is 46.2 Å². The molecule has 0 radical (unpaired) electrons. The van der Waals surface area contributed by atoms with E-state index in [9.17, 15) is 0 Å². The molecule has 0 fully saturated rings. The predicted octanol–water partition coefficient (Wildman–Crippen LogP) is 4.02. The summed E-state index contributed by atoms with van der Waals surface area (Å²) in [5, 5.41) is 17.8. The van der Waals surface area contributed by atoms with Crippen LogP contribution in [0.4, 0.5) is 0 Å². The topological polar surface area (TPSA) is 54.5 Å². The average Bonchev–Trinajstić information content (AvgIpc) is 2.86. The number of benzene rings is 1. The first kappa shape index (κ1) is 15.3. The highest BCUT2D eigenvalue weighted by atomic mass is 35.5. The van der Waals surface area contributed by atoms with Crippen molar-refractivity contribution in [2.75, 3.05) is 0 Å². The minimum atomic E-state index is 0.351. The molecule has 0 aliphatic heterocycles. The summed E-state index contributed by atoms with van der Waals surface area (Å²) in [7, 11) is 0. The summed E-state index contributed by atoms with van der Waals surface area (Å²) in [6, 6.07) is 9.60. The van der Waals surface area contributed by atoms with Gasteiger partial charge in [0.1, 0.15) is 6.07 Å². The van der Waals surface area contributed by atoms with Gasteiger partial charge in [-0.05, 0) is 36.1 Å². The Bertz CT molecular complexity index is 663. The van der Waals surface area contributed by atoms with Crippen molar-refractivity contribution >= 4 is 23.8 Å². The van der Waals surface area contributed by atoms with Gasteiger partial charge in [0.05, 0.1) is 5.69 Å². The van der Waals surface area contributed by atoms with Crippen LogP contribution in [0.3, 0.4) is 0 Å². The Hall–Kier alpha value is -2.12. The number of nitrogens with zero attached hydrogens (tertiary/aromatic N) is 4. The van der Waals surface area contributed by atoms with Crippen molar-refractivity contribution < 1.29 is 0 Å². The molecule has 0 saturated carbocycles. The van der Waals surface area contributed by atoms with Crippen LogP contribution in [0.1, 0.15) is 37.2 Å². The minimum absolute atomic E-state index is 0.351. The Morgan fingerprint density at radius 2 is 2.00 bits per heavy atom. The molecule has 0 amide bonds. The quantitative estimate of drug-likeness (QED) is 0.838. The van der Waals surface area contributed by atoms with E-state index in [2.05, 4.69) is 30.2 Å². The van der Waals surface area contributed by atoms with Crippen molar-refractivity contribution in [3.63, 3.8) is 0 Å². The zero-order valence-corrected chi connectivity index (χ0v) is 12.9. The molecule has 1 aromatic carbocycles. The van der Waals surface area contributed by atoms with Crippen LogP contribution in [0.5, 0.6) is 0 Å². The lowest BCUT2D eigenvalue weighted by Crippen LogP contribution is -2.05. The summed E-state index contributed by atoms with van der Waals surface area (Å²) in [5.41, 5.74) is 2.11. The maximum atomic E-state index is 9.13. The fourth-order valence-corrected chi connectivity index (χ4v) is 1.99. The highest BCUT2D eigenvalue weighted by Gasteiger charge is 2.10. The molecule has 0 aliphatic rings. The van der Waals surface area contributed by atoms with Gasteiger partial charge in [-0.15, -0.1) is 5.10 Å². The Balaban J connectivity index is 2.23. The van der Waals surface area contributed by atoms with Crippen LogP contribution in [0.2, 0.25) is 5.02 Å². The molecule has 5 heteroatoms. The second-order valence-electron chi connectivity index (χ2n) is 5.23. The lowest BCUT2D eigenvalue weighted by Gasteiger charge is -2.05. The number of nitriles is 1. The van der Waals surface area contributed by atoms with Gasteiger partial charge in [-0.1, -0.05) is 48.9 Å². The van der Waals surface area contributed by atoms with Gasteiger partial charge >= 0.3 is 0 Å². The van der Waals surface area contributed by atoms with E-state index >= 15 is 0 Å². The molecule has 0 aliphatic carbocycles. The van der Waals surface area contributed by atoms with E-state index in [1.54, 1.807) is 4.68 Å². The molecule has 4 nitrogen and oxygen atoms in total. The summed E-state index contributed by atoms with van der Waals surface area (Å²) in [4.78, 5) is 0. The fraction of sp³-hybridized carbons (Fsp3) is 0.312. The molecule has 0 atom stereocenters. The summed E-state index contributed by atoms with van der Waals surface area (Å²) >= 11 is 5.86. The van der Waals surface area contributed by atoms with Gasteiger partial charge in [0.15, 0.2) is 5.69 Å². The van der Waals surface area contributed by atoms with Gasteiger partial charge in [0, 0.05) is 11.6 Å². The van der Waals surface area contributed by atoms with Gasteiger partial charge in [0.2, 0.25) is 0 Å². The normalized spacial score (nSPS) is 11.2. The third-order valence-electron chi connectivity index (χ3n) is 3.10. The largest absolute Gasteiger partial charge is 0.244 e. The zero-order chi connectivity index (χ0) is 15.2. The highest BCUT2D eigenvalue weighted by Crippen LogP contribution is 2.15. The van der Waals surface area contributed by atoms with Gasteiger partial charge in [-0.3, -0.25) is 0 Å². The average molecular weight is 301 g/mol. The van der Waals surface area contributed by atoms with Crippen molar-refractivity contribution in [1.82, 2.24) is 15.0 Å². The van der Waals surface area contributed by atoms with Crippen LogP contribution in [0, 0.1) is 17.2 Å². The van der Waals surface area contributed by atoms with Crippen LogP contribution in [0.25, 0.3) is 12.2 Å². The molecule has 0 saturated heterocycles. The Kier molecular flexibility index (Phi) is 5.13. The van der Waals surface area contributed by atoms with E-state index in [1.165, 1.54) is 0 Å². The van der Waals surface area contributed by atoms with E-state index in [4.69, 9.17) is 16.9 Å². The minimum Gasteiger partial charge on any atom is -0.244 e. The number of hydrogen-bond acceptors (Lipinski definition) is 3. The van der Waals surface area contributed by atoms with Crippen molar-refractivity contribution in [2.24, 2.45) is 5.92 Å². The van der Waals surface area contributed by atoms with E-state index in [-0.39, 0.29) is 0 Å². The smallest absolute Gasteiger partial charge is 0.190 e. The molecular formula is C16H17ClN4. The van der Waals surface area contributed by atoms with E-state index < -0.39 is 0 Å². The summed E-state index contributed by atoms with van der Waals surface area (Å²) < 4.78 is 1.78. The third kappa shape index (κ3) is 4.17. The Morgan fingerprint density at radius 3 is 2.62 bits per heavy atom. The monoisotopic (exact) mass is 300 g/mol. The third-order valence-corrected chi connectivity index (χ3v) is 3.35. The van der Waals surface area contributed by atoms with E-state index in [0.29, 0.717) is 16.6 Å². The first-order chi connectivity index (χ1) is 10.1. The molecule has 0 N–H and O–H groups in total. The first-order valence-corrected chi connectivity index (χ1v) is 7.25. The molecule has 2 rings (SSSR count). The van der Waals surface area contributed by atoms with Crippen LogP contribution in [-0.4, -0.2) is 15.0 Å². The number of aryl methyl sites for hydroxylation is 1. The number of rotatable bonds is 5. The molecular weight excluding hydrogens is 284 g/mol. The maximum absolute atomic E-state index is 9.13. The fourth-order valence-electron chi connectivity index (χ4n) is 1.86. The summed E-state index contributed by atoms with van der Waals surface area (Å²) in [6.07, 6.45) is 4.81. The Morgan fingerprint density at radius 1 is 1.29 bits per heavy atom. The summed E-state index contributed by atoms with van der Waals surface area (Å²) in [5.74, 6) is 0.577. The van der Waals surface area contributed by atoms with Crippen molar-refractivity contribution in [1.29, 1.82) is 5.26 Å². The van der Waals surface area contributed by atoms with Gasteiger partial charge in [-0.2, -0.15) is 5.26 Å². The van der Waals surface area contributed by atoms with Gasteiger partial charge in [-0.25, -0.2) is 4.68 Å². The van der Waals surface area contributed by atoms with Crippen molar-refractivity contribution in [3.8, 4) is 6.07 Å². The van der Waals surface area contributed by atoms with E-state index in [1.807, 2.05) is 36.4 Å². The van der Waals surface area contributed by atoms with Gasteiger partial charge in [0.25, 0.3) is 0 Å². The molecule has 1 aromatic heterocycles. The molecule has 2 aromatic rings. The SMILES string of the molecule is CC(C)CCn1nnc(C#N)c1/C=C/c1ccc(Cl)cc1. The van der Waals surface area contributed by atoms with Crippen LogP contribution >= 0.6 is 11.6 Å². The highest BCUT2D eigenvalue weighted by molar-refractivity contribution is 6.30. The molecule has 0 unspecified atom stereocenters. The second-order valence-corrected chi connectivity index (χ2v) is 5.66. The number of halogens is 1. The molecule has 21 heavy (non-hydrogen) atoms. The molecule has 0 bridgehead atoms. The summed E-state index contributed by atoms with van der Waals surface area (Å²) in [6.45, 7) is 5.07. The molecule has 0 spiro atoms. The zero-order valence-electron chi connectivity index (χ0n) is 12.1. The second kappa shape index (κ2) is 7.05. The van der Waals surface area contributed by atoms with Crippen LogP contribution in [0.15, 0.2) is 24.3 Å². The van der Waals surface area contributed by atoms with Crippen LogP contribution in [-0.2, 0) is 6.54 Å². The lowest BCUT2D eigenvalue weighted by molar-refractivity contribution is 0.476. The Labute approximate surface area is 129 Å². The van der Waals surface area contributed by atoms with Crippen molar-refractivity contribution in [2.45, 2.75) is 26.8 Å². The lowest BCUT2D eigenvalue weighted by atomic mass is 10.1. The standard InChI is InChI=1S/C16H17ClN4/c1-12(2)9-10-21-16(15(11-18)19-20-21)8-5-13-3-6-14(17)7-4-13/h3-8,12H,9-10H2,1-2H3/b8-5+. The maximum Gasteiger partial charge on any atom is 0.190 e. The molecule has 1 heterocycles. The molecule has 108 valence electrons. The number of hydrogen-bond donors (Lipinski definition) is 0. The first-order valence-electron chi connectivity index (χ1n) is 6.87. The van der Waals surface area contributed by atoms with Crippen LogP contribution < -0.4 is 0 Å². The number of aromatic nitrogens is 3. The van der Waals surface area contributed by atoms with E-state index in [0.717, 1.165) is 24.2 Å². The van der Waals surface area contributed by atoms with Gasteiger partial charge < -0.3 is 0 Å².